The van der Waals surface area contributed by atoms with E-state index in [-0.39, 0.29) is 39.3 Å². The summed E-state index contributed by atoms with van der Waals surface area (Å²) in [5, 5.41) is 9.02. The number of thiol groups is 1. The van der Waals surface area contributed by atoms with Gasteiger partial charge in [-0.25, -0.2) is 0 Å². The SMILES string of the molecule is CCOC(=O)Cc1c(SC(F)(F)F)ccc(S)c1C#N. The number of esters is 1. The van der Waals surface area contributed by atoms with Crippen LogP contribution in [0.2, 0.25) is 0 Å². The smallest absolute Gasteiger partial charge is 0.446 e. The Hall–Kier alpha value is -1.33. The summed E-state index contributed by atoms with van der Waals surface area (Å²) in [6, 6.07) is 4.26. The molecule has 0 aromatic heterocycles. The van der Waals surface area contributed by atoms with Crippen LogP contribution in [-0.2, 0) is 16.0 Å². The molecule has 0 unspecified atom stereocenters. The second-order valence-corrected chi connectivity index (χ2v) is 5.17. The molecule has 0 aliphatic heterocycles. The minimum absolute atomic E-state index is 0.0132. The summed E-state index contributed by atoms with van der Waals surface area (Å²) in [4.78, 5) is 11.5. The summed E-state index contributed by atoms with van der Waals surface area (Å²) in [6.45, 7) is 1.70. The first-order chi connectivity index (χ1) is 9.28. The third-order valence-electron chi connectivity index (χ3n) is 2.21. The molecule has 0 aliphatic carbocycles. The van der Waals surface area contributed by atoms with Gasteiger partial charge in [0.05, 0.1) is 18.6 Å². The Morgan fingerprint density at radius 2 is 2.15 bits per heavy atom. The van der Waals surface area contributed by atoms with Crippen molar-refractivity contribution < 1.29 is 22.7 Å². The van der Waals surface area contributed by atoms with E-state index in [1.165, 1.54) is 12.1 Å². The van der Waals surface area contributed by atoms with Crippen molar-refractivity contribution in [3.63, 3.8) is 0 Å². The maximum absolute atomic E-state index is 12.5. The molecule has 108 valence electrons. The molecule has 0 fully saturated rings. The highest BCUT2D eigenvalue weighted by Gasteiger charge is 2.31. The molecule has 1 aromatic carbocycles. The molecule has 0 N–H and O–H groups in total. The summed E-state index contributed by atoms with van der Waals surface area (Å²) in [5.74, 6) is -0.688. The molecular weight excluding hydrogens is 311 g/mol. The van der Waals surface area contributed by atoms with Gasteiger partial charge < -0.3 is 4.74 Å². The number of hydrogen-bond donors (Lipinski definition) is 1. The quantitative estimate of drug-likeness (QED) is 0.523. The number of carbonyl (C=O) groups excluding carboxylic acids is 1. The van der Waals surface area contributed by atoms with Crippen LogP contribution in [0.4, 0.5) is 13.2 Å². The molecule has 0 aliphatic rings. The molecule has 0 amide bonds. The molecule has 0 heterocycles. The highest BCUT2D eigenvalue weighted by Crippen LogP contribution is 2.40. The predicted octanol–water partition coefficient (Wildman–Crippen LogP) is 3.56. The van der Waals surface area contributed by atoms with Crippen molar-refractivity contribution in [1.29, 1.82) is 5.26 Å². The number of rotatable bonds is 4. The second-order valence-electron chi connectivity index (χ2n) is 3.58. The Labute approximate surface area is 123 Å². The van der Waals surface area contributed by atoms with Gasteiger partial charge in [0.2, 0.25) is 0 Å². The fraction of sp³-hybridized carbons (Fsp3) is 0.333. The molecular formula is C12H10F3NO2S2. The van der Waals surface area contributed by atoms with Crippen LogP contribution in [0.1, 0.15) is 18.1 Å². The van der Waals surface area contributed by atoms with Crippen LogP contribution in [-0.4, -0.2) is 18.1 Å². The lowest BCUT2D eigenvalue weighted by atomic mass is 10.1. The largest absolute Gasteiger partial charge is 0.466 e. The van der Waals surface area contributed by atoms with Gasteiger partial charge in [0.25, 0.3) is 0 Å². The predicted molar refractivity (Wildman–Crippen MR) is 70.7 cm³/mol. The van der Waals surface area contributed by atoms with E-state index >= 15 is 0 Å². The first-order valence-corrected chi connectivity index (χ1v) is 6.71. The number of hydrogen-bond acceptors (Lipinski definition) is 5. The normalized spacial score (nSPS) is 11.0. The van der Waals surface area contributed by atoms with E-state index in [0.717, 1.165) is 0 Å². The molecule has 1 rings (SSSR count). The van der Waals surface area contributed by atoms with E-state index in [9.17, 15) is 18.0 Å². The fourth-order valence-corrected chi connectivity index (χ4v) is 2.44. The standard InChI is InChI=1S/C12H10F3NO2S2/c1-2-18-11(17)5-7-8(6-16)9(19)3-4-10(7)20-12(13,14)15/h3-4,19H,2,5H2,1H3. The average Bonchev–Trinajstić information content (AvgIpc) is 2.32. The van der Waals surface area contributed by atoms with Gasteiger partial charge in [0.15, 0.2) is 0 Å². The van der Waals surface area contributed by atoms with Gasteiger partial charge in [-0.15, -0.1) is 12.6 Å². The summed E-state index contributed by atoms with van der Waals surface area (Å²) in [6.07, 6.45) is -0.399. The van der Waals surface area contributed by atoms with E-state index in [1.54, 1.807) is 13.0 Å². The van der Waals surface area contributed by atoms with Gasteiger partial charge in [-0.3, -0.25) is 4.79 Å². The Kier molecular flexibility index (Phi) is 5.77. The number of alkyl halides is 3. The number of thioether (sulfide) groups is 1. The van der Waals surface area contributed by atoms with Crippen LogP contribution >= 0.6 is 24.4 Å². The summed E-state index contributed by atoms with van der Waals surface area (Å²) < 4.78 is 42.2. The Morgan fingerprint density at radius 1 is 1.50 bits per heavy atom. The van der Waals surface area contributed by atoms with E-state index in [0.29, 0.717) is 0 Å². The maximum atomic E-state index is 12.5. The first kappa shape index (κ1) is 16.7. The van der Waals surface area contributed by atoms with Crippen molar-refractivity contribution in [2.75, 3.05) is 6.61 Å². The highest BCUT2D eigenvalue weighted by atomic mass is 32.2. The van der Waals surface area contributed by atoms with Gasteiger partial charge in [-0.1, -0.05) is 0 Å². The first-order valence-electron chi connectivity index (χ1n) is 5.44. The summed E-state index contributed by atoms with van der Waals surface area (Å²) in [7, 11) is 0. The summed E-state index contributed by atoms with van der Waals surface area (Å²) >= 11 is 3.65. The fourth-order valence-electron chi connectivity index (χ4n) is 1.49. The molecule has 1 aromatic rings. The molecule has 8 heteroatoms. The molecule has 0 saturated carbocycles. The van der Waals surface area contributed by atoms with Crippen molar-refractivity contribution in [2.45, 2.75) is 28.6 Å². The van der Waals surface area contributed by atoms with Crippen LogP contribution in [0.5, 0.6) is 0 Å². The minimum atomic E-state index is -4.51. The maximum Gasteiger partial charge on any atom is 0.446 e. The lowest BCUT2D eigenvalue weighted by Crippen LogP contribution is -2.11. The van der Waals surface area contributed by atoms with Crippen LogP contribution < -0.4 is 0 Å². The van der Waals surface area contributed by atoms with Crippen molar-refractivity contribution in [1.82, 2.24) is 0 Å². The zero-order valence-electron chi connectivity index (χ0n) is 10.3. The number of benzene rings is 1. The number of halogens is 3. The lowest BCUT2D eigenvalue weighted by molar-refractivity contribution is -0.142. The van der Waals surface area contributed by atoms with Crippen molar-refractivity contribution in [2.24, 2.45) is 0 Å². The zero-order chi connectivity index (χ0) is 15.3. The molecule has 20 heavy (non-hydrogen) atoms. The number of nitriles is 1. The van der Waals surface area contributed by atoms with Gasteiger partial charge in [0, 0.05) is 9.79 Å². The Balaban J connectivity index is 3.24. The van der Waals surface area contributed by atoms with Crippen LogP contribution in [0.25, 0.3) is 0 Å². The second kappa shape index (κ2) is 6.90. The molecule has 0 radical (unpaired) electrons. The Bertz CT molecular complexity index is 553. The van der Waals surface area contributed by atoms with Crippen molar-refractivity contribution in [3.05, 3.63) is 23.3 Å². The van der Waals surface area contributed by atoms with Gasteiger partial charge in [-0.05, 0) is 36.4 Å². The molecule has 0 saturated heterocycles. The Morgan fingerprint density at radius 3 is 2.65 bits per heavy atom. The van der Waals surface area contributed by atoms with Gasteiger partial charge in [0.1, 0.15) is 6.07 Å². The van der Waals surface area contributed by atoms with Crippen molar-refractivity contribution >= 4 is 30.4 Å². The van der Waals surface area contributed by atoms with Gasteiger partial charge in [-0.2, -0.15) is 18.4 Å². The average molecular weight is 321 g/mol. The third-order valence-corrected chi connectivity index (χ3v) is 3.42. The van der Waals surface area contributed by atoms with E-state index in [4.69, 9.17) is 10.00 Å². The van der Waals surface area contributed by atoms with Crippen LogP contribution in [0.15, 0.2) is 21.9 Å². The van der Waals surface area contributed by atoms with Gasteiger partial charge >= 0.3 is 11.5 Å². The topological polar surface area (TPSA) is 50.1 Å². The van der Waals surface area contributed by atoms with Crippen LogP contribution in [0, 0.1) is 11.3 Å². The highest BCUT2D eigenvalue weighted by molar-refractivity contribution is 8.00. The van der Waals surface area contributed by atoms with Crippen molar-refractivity contribution in [3.8, 4) is 6.07 Å². The van der Waals surface area contributed by atoms with E-state index < -0.39 is 17.9 Å². The van der Waals surface area contributed by atoms with E-state index in [2.05, 4.69) is 12.6 Å². The number of ether oxygens (including phenoxy) is 1. The van der Waals surface area contributed by atoms with E-state index in [1.807, 2.05) is 0 Å². The molecule has 3 nitrogen and oxygen atoms in total. The molecule has 0 atom stereocenters. The zero-order valence-corrected chi connectivity index (χ0v) is 12.0. The van der Waals surface area contributed by atoms with Crippen LogP contribution in [0.3, 0.4) is 0 Å². The lowest BCUT2D eigenvalue weighted by Gasteiger charge is -2.13. The summed E-state index contributed by atoms with van der Waals surface area (Å²) in [5.41, 5.74) is -4.56. The number of nitrogens with zero attached hydrogens (tertiary/aromatic N) is 1. The molecule has 0 bridgehead atoms. The minimum Gasteiger partial charge on any atom is -0.466 e. The monoisotopic (exact) mass is 321 g/mol. The number of carbonyl (C=O) groups is 1. The third kappa shape index (κ3) is 4.65. The molecule has 0 spiro atoms.